The predicted molar refractivity (Wildman–Crippen MR) is 101 cm³/mol. The van der Waals surface area contributed by atoms with Crippen LogP contribution in [0.15, 0.2) is 54.6 Å². The Balaban J connectivity index is 1.55. The summed E-state index contributed by atoms with van der Waals surface area (Å²) in [4.78, 5) is 12.3. The Morgan fingerprint density at radius 3 is 2.23 bits per heavy atom. The van der Waals surface area contributed by atoms with Crippen LogP contribution in [0, 0.1) is 0 Å². The van der Waals surface area contributed by atoms with Gasteiger partial charge >= 0.3 is 0 Å². The molecule has 0 saturated heterocycles. The van der Waals surface area contributed by atoms with Crippen molar-refractivity contribution in [2.75, 3.05) is 13.2 Å². The highest BCUT2D eigenvalue weighted by atomic mass is 16.5. The van der Waals surface area contributed by atoms with Crippen LogP contribution in [0.2, 0.25) is 0 Å². The smallest absolute Gasteiger partial charge is 0.258 e. The maximum absolute atomic E-state index is 12.3. The fourth-order valence-electron chi connectivity index (χ4n) is 3.33. The van der Waals surface area contributed by atoms with E-state index in [-0.39, 0.29) is 18.1 Å². The zero-order chi connectivity index (χ0) is 18.2. The van der Waals surface area contributed by atoms with Gasteiger partial charge < -0.3 is 20.5 Å². The first-order chi connectivity index (χ1) is 12.7. The second-order valence-electron chi connectivity index (χ2n) is 6.75. The number of ether oxygens (including phenoxy) is 2. The lowest BCUT2D eigenvalue weighted by atomic mass is 9.98. The number of hydrogen-bond acceptors (Lipinski definition) is 4. The molecule has 3 N–H and O–H groups in total. The van der Waals surface area contributed by atoms with Crippen molar-refractivity contribution >= 4 is 5.91 Å². The minimum atomic E-state index is -0.260. The van der Waals surface area contributed by atoms with Crippen molar-refractivity contribution in [3.8, 4) is 11.5 Å². The molecule has 1 aliphatic carbocycles. The number of rotatable bonds is 8. The van der Waals surface area contributed by atoms with E-state index in [2.05, 4.69) is 5.32 Å². The maximum Gasteiger partial charge on any atom is 0.258 e. The first-order valence-electron chi connectivity index (χ1n) is 9.10. The van der Waals surface area contributed by atoms with E-state index in [1.165, 1.54) is 0 Å². The fraction of sp³-hybridized carbons (Fsp3) is 0.381. The molecule has 1 fully saturated rings. The van der Waals surface area contributed by atoms with Gasteiger partial charge in [-0.15, -0.1) is 0 Å². The third kappa shape index (κ3) is 4.76. The number of nitrogens with two attached hydrogens (primary N) is 1. The van der Waals surface area contributed by atoms with Gasteiger partial charge in [0.1, 0.15) is 6.61 Å². The Morgan fingerprint density at radius 1 is 0.962 bits per heavy atom. The number of para-hydroxylation sites is 2. The van der Waals surface area contributed by atoms with Gasteiger partial charge in [0.05, 0.1) is 5.54 Å². The molecule has 26 heavy (non-hydrogen) atoms. The molecule has 0 radical (unpaired) electrons. The van der Waals surface area contributed by atoms with Crippen LogP contribution in [-0.4, -0.2) is 24.6 Å². The molecule has 2 aromatic rings. The zero-order valence-corrected chi connectivity index (χ0v) is 14.9. The second-order valence-corrected chi connectivity index (χ2v) is 6.75. The van der Waals surface area contributed by atoms with Crippen molar-refractivity contribution in [1.29, 1.82) is 0 Å². The van der Waals surface area contributed by atoms with Crippen LogP contribution in [0.25, 0.3) is 0 Å². The van der Waals surface area contributed by atoms with Gasteiger partial charge in [0, 0.05) is 6.54 Å². The van der Waals surface area contributed by atoms with Gasteiger partial charge in [-0.1, -0.05) is 55.3 Å². The number of carbonyl (C=O) groups excluding carboxylic acids is 1. The van der Waals surface area contributed by atoms with E-state index in [1.54, 1.807) is 0 Å². The Labute approximate surface area is 154 Å². The molecule has 0 aliphatic heterocycles. The Morgan fingerprint density at radius 2 is 1.58 bits per heavy atom. The maximum atomic E-state index is 12.3. The minimum Gasteiger partial charge on any atom is -0.485 e. The molecule has 5 heteroatoms. The fourth-order valence-corrected chi connectivity index (χ4v) is 3.33. The number of hydrogen-bond donors (Lipinski definition) is 2. The molecule has 0 heterocycles. The molecular formula is C21H26N2O3. The van der Waals surface area contributed by atoms with Crippen LogP contribution in [0.5, 0.6) is 11.5 Å². The molecule has 138 valence electrons. The van der Waals surface area contributed by atoms with Crippen molar-refractivity contribution in [3.63, 3.8) is 0 Å². The molecular weight excluding hydrogens is 328 g/mol. The first kappa shape index (κ1) is 18.3. The molecule has 0 unspecified atom stereocenters. The van der Waals surface area contributed by atoms with Crippen molar-refractivity contribution in [2.24, 2.45) is 5.73 Å². The average molecular weight is 354 g/mol. The molecule has 0 atom stereocenters. The Bertz CT molecular complexity index is 712. The van der Waals surface area contributed by atoms with Crippen LogP contribution in [0.1, 0.15) is 31.2 Å². The van der Waals surface area contributed by atoms with Crippen LogP contribution in [-0.2, 0) is 11.4 Å². The summed E-state index contributed by atoms with van der Waals surface area (Å²) in [5, 5.41) is 3.06. The van der Waals surface area contributed by atoms with Crippen molar-refractivity contribution in [3.05, 3.63) is 60.2 Å². The van der Waals surface area contributed by atoms with Crippen molar-refractivity contribution < 1.29 is 14.3 Å². The summed E-state index contributed by atoms with van der Waals surface area (Å²) in [6.45, 7) is 0.868. The minimum absolute atomic E-state index is 0.0482. The Hall–Kier alpha value is -2.53. The molecule has 1 aliphatic rings. The van der Waals surface area contributed by atoms with Crippen LogP contribution in [0.4, 0.5) is 0 Å². The molecule has 5 nitrogen and oxygen atoms in total. The number of benzene rings is 2. The first-order valence-corrected chi connectivity index (χ1v) is 9.10. The van der Waals surface area contributed by atoms with Gasteiger partial charge in [-0.05, 0) is 30.5 Å². The standard InChI is InChI=1S/C21H26N2O3/c22-16-21(12-6-7-13-21)23-20(24)15-26-19-11-5-4-10-18(19)25-14-17-8-2-1-3-9-17/h1-5,8-11H,6-7,12-16,22H2,(H,23,24). The van der Waals surface area contributed by atoms with Crippen molar-refractivity contribution in [1.82, 2.24) is 5.32 Å². The molecule has 1 amide bonds. The lowest BCUT2D eigenvalue weighted by molar-refractivity contribution is -0.125. The predicted octanol–water partition coefficient (Wildman–Crippen LogP) is 3.03. The normalized spacial score (nSPS) is 15.4. The zero-order valence-electron chi connectivity index (χ0n) is 14.9. The molecule has 3 rings (SSSR count). The van der Waals surface area contributed by atoms with Gasteiger partial charge in [-0.3, -0.25) is 4.79 Å². The molecule has 0 aromatic heterocycles. The highest BCUT2D eigenvalue weighted by Gasteiger charge is 2.33. The van der Waals surface area contributed by atoms with E-state index in [0.29, 0.717) is 24.7 Å². The van der Waals surface area contributed by atoms with Crippen LogP contribution >= 0.6 is 0 Å². The number of nitrogens with one attached hydrogen (secondary N) is 1. The summed E-state index contributed by atoms with van der Waals surface area (Å²) in [6.07, 6.45) is 4.08. The van der Waals surface area contributed by atoms with Crippen LogP contribution in [0.3, 0.4) is 0 Å². The molecule has 0 bridgehead atoms. The van der Waals surface area contributed by atoms with E-state index >= 15 is 0 Å². The molecule has 0 spiro atoms. The van der Waals surface area contributed by atoms with E-state index in [0.717, 1.165) is 31.2 Å². The van der Waals surface area contributed by atoms with Gasteiger partial charge in [-0.2, -0.15) is 0 Å². The highest BCUT2D eigenvalue weighted by Crippen LogP contribution is 2.29. The van der Waals surface area contributed by atoms with Crippen LogP contribution < -0.4 is 20.5 Å². The van der Waals surface area contributed by atoms with Gasteiger partial charge in [0.15, 0.2) is 18.1 Å². The Kier molecular flexibility index (Phi) is 6.12. The third-order valence-electron chi connectivity index (χ3n) is 4.80. The van der Waals surface area contributed by atoms with E-state index in [4.69, 9.17) is 15.2 Å². The monoisotopic (exact) mass is 354 g/mol. The van der Waals surface area contributed by atoms with E-state index in [1.807, 2.05) is 54.6 Å². The van der Waals surface area contributed by atoms with Gasteiger partial charge in [-0.25, -0.2) is 0 Å². The topological polar surface area (TPSA) is 73.6 Å². The highest BCUT2D eigenvalue weighted by molar-refractivity contribution is 5.78. The number of carbonyl (C=O) groups is 1. The summed E-state index contributed by atoms with van der Waals surface area (Å²) in [7, 11) is 0. The third-order valence-corrected chi connectivity index (χ3v) is 4.80. The quantitative estimate of drug-likeness (QED) is 0.764. The average Bonchev–Trinajstić information content (AvgIpc) is 3.15. The summed E-state index contributed by atoms with van der Waals surface area (Å²) in [6, 6.07) is 17.3. The molecule has 1 saturated carbocycles. The summed E-state index contributed by atoms with van der Waals surface area (Å²) >= 11 is 0. The largest absolute Gasteiger partial charge is 0.485 e. The SMILES string of the molecule is NCC1(NC(=O)COc2ccccc2OCc2ccccc2)CCCC1. The molecule has 2 aromatic carbocycles. The number of amides is 1. The van der Waals surface area contributed by atoms with E-state index in [9.17, 15) is 4.79 Å². The summed E-state index contributed by atoms with van der Waals surface area (Å²) in [5.74, 6) is 1.04. The van der Waals surface area contributed by atoms with Gasteiger partial charge in [0.25, 0.3) is 5.91 Å². The van der Waals surface area contributed by atoms with Crippen molar-refractivity contribution in [2.45, 2.75) is 37.8 Å². The lowest BCUT2D eigenvalue weighted by Crippen LogP contribution is -2.52. The second kappa shape index (κ2) is 8.72. The van der Waals surface area contributed by atoms with E-state index < -0.39 is 0 Å². The van der Waals surface area contributed by atoms with Gasteiger partial charge in [0.2, 0.25) is 0 Å². The summed E-state index contributed by atoms with van der Waals surface area (Å²) in [5.41, 5.74) is 6.68. The summed E-state index contributed by atoms with van der Waals surface area (Å²) < 4.78 is 11.6. The lowest BCUT2D eigenvalue weighted by Gasteiger charge is -2.28.